The standard InChI is InChI=1S/C22H26.C20H20.C19H20.C2H6/c1-4-22(3)13-7-12-21(16-22)20-11-6-10-19(15-20)18-9-5-8-17(2)14-18;1-5-19(18-12-7-6-8-13-18)16(3)17(4)20-14-10-9-11-15(20)2;1-14-10-8-9-13-19(14)17(4)15(2)16(3)18-11-6-5-7-12-18;1-2/h5-13,15,17H,4,14,16H2,1-3H3;5-14H,1,4H2,2-3H3;5-13H,4H2,1-3H3;1-2H3/b;19-16+;16-15+;. The molecule has 0 bridgehead atoms. The zero-order valence-corrected chi connectivity index (χ0v) is 40.1. The molecule has 0 fully saturated rings. The van der Waals surface area contributed by atoms with Crippen LogP contribution in [0.1, 0.15) is 119 Å². The Kier molecular flexibility index (Phi) is 19.1. The van der Waals surface area contributed by atoms with Gasteiger partial charge in [-0.1, -0.05) is 224 Å². The molecule has 5 aromatic rings. The Morgan fingerprint density at radius 1 is 0.635 bits per heavy atom. The van der Waals surface area contributed by atoms with E-state index < -0.39 is 0 Å². The lowest BCUT2D eigenvalue weighted by Gasteiger charge is -2.29. The average Bonchev–Trinajstić information content (AvgIpc) is 3.33. The van der Waals surface area contributed by atoms with Gasteiger partial charge in [0.15, 0.2) is 0 Å². The highest BCUT2D eigenvalue weighted by molar-refractivity contribution is 5.92. The summed E-state index contributed by atoms with van der Waals surface area (Å²) in [6.07, 6.45) is 19.0. The Balaban J connectivity index is 0.000000204. The molecule has 2 aliphatic rings. The van der Waals surface area contributed by atoms with E-state index >= 15 is 0 Å². The maximum absolute atomic E-state index is 4.27. The molecular formula is C63H72. The van der Waals surface area contributed by atoms with E-state index in [0.29, 0.717) is 11.3 Å². The van der Waals surface area contributed by atoms with Gasteiger partial charge in [-0.2, -0.15) is 0 Å². The van der Waals surface area contributed by atoms with Crippen molar-refractivity contribution in [2.24, 2.45) is 11.3 Å². The van der Waals surface area contributed by atoms with Gasteiger partial charge in [0.1, 0.15) is 0 Å². The van der Waals surface area contributed by atoms with E-state index in [1.54, 1.807) is 0 Å². The first kappa shape index (κ1) is 49.4. The smallest absolute Gasteiger partial charge is 0.0105 e. The fourth-order valence-corrected chi connectivity index (χ4v) is 7.99. The van der Waals surface area contributed by atoms with Gasteiger partial charge in [-0.25, -0.2) is 0 Å². The summed E-state index contributed by atoms with van der Waals surface area (Å²) in [5, 5.41) is 0. The normalized spacial score (nSPS) is 17.0. The van der Waals surface area contributed by atoms with E-state index in [0.717, 1.165) is 29.6 Å². The summed E-state index contributed by atoms with van der Waals surface area (Å²) < 4.78 is 0. The first-order valence-electron chi connectivity index (χ1n) is 22.8. The first-order valence-corrected chi connectivity index (χ1v) is 22.8. The minimum atomic E-state index is 0.307. The van der Waals surface area contributed by atoms with Crippen LogP contribution in [-0.2, 0) is 0 Å². The molecule has 0 nitrogen and oxygen atoms in total. The quantitative estimate of drug-likeness (QED) is 0.123. The highest BCUT2D eigenvalue weighted by Crippen LogP contribution is 2.39. The molecule has 0 radical (unpaired) electrons. The van der Waals surface area contributed by atoms with Crippen molar-refractivity contribution < 1.29 is 0 Å². The third-order valence-corrected chi connectivity index (χ3v) is 12.4. The number of hydrogen-bond donors (Lipinski definition) is 0. The molecule has 0 heteroatoms. The maximum atomic E-state index is 4.27. The Labute approximate surface area is 383 Å². The summed E-state index contributed by atoms with van der Waals surface area (Å²) in [6.45, 7) is 34.1. The van der Waals surface area contributed by atoms with E-state index in [-0.39, 0.29) is 0 Å². The van der Waals surface area contributed by atoms with Gasteiger partial charge in [-0.05, 0) is 160 Å². The van der Waals surface area contributed by atoms with Crippen molar-refractivity contribution in [1.82, 2.24) is 0 Å². The zero-order chi connectivity index (χ0) is 45.9. The summed E-state index contributed by atoms with van der Waals surface area (Å²) in [4.78, 5) is 0. The number of rotatable bonds is 10. The molecule has 5 aromatic carbocycles. The molecule has 0 N–H and O–H groups in total. The van der Waals surface area contributed by atoms with Crippen molar-refractivity contribution in [1.29, 1.82) is 0 Å². The minimum absolute atomic E-state index is 0.307. The SMILES string of the molecule is C=C(/C(C)=C(\C)c1ccccc1)c1ccccc1C.C=C/C(=C(/C)C(=C)c1ccccc1C)c1ccccc1.CC.CCC1(C)C=CC=C(c2cccc(C3=CC=CC(C)C3)c2)C1. The molecule has 2 aliphatic carbocycles. The molecule has 2 atom stereocenters. The van der Waals surface area contributed by atoms with E-state index in [2.05, 4.69) is 221 Å². The fraction of sp³-hybridized carbons (Fsp3) is 0.238. The lowest BCUT2D eigenvalue weighted by Crippen LogP contribution is -2.14. The summed E-state index contributed by atoms with van der Waals surface area (Å²) in [7, 11) is 0. The van der Waals surface area contributed by atoms with Crippen LogP contribution in [0.25, 0.3) is 33.4 Å². The van der Waals surface area contributed by atoms with Gasteiger partial charge in [0, 0.05) is 0 Å². The average molecular weight is 829 g/mol. The second kappa shape index (κ2) is 24.4. The number of allylic oxidation sites excluding steroid dienone is 15. The lowest BCUT2D eigenvalue weighted by molar-refractivity contribution is 0.420. The van der Waals surface area contributed by atoms with Crippen molar-refractivity contribution in [3.8, 4) is 0 Å². The molecule has 0 aliphatic heterocycles. The van der Waals surface area contributed by atoms with E-state index in [1.807, 2.05) is 44.2 Å². The maximum Gasteiger partial charge on any atom is -0.0105 e. The van der Waals surface area contributed by atoms with E-state index in [1.165, 1.54) is 78.8 Å². The predicted molar refractivity (Wildman–Crippen MR) is 283 cm³/mol. The first-order chi connectivity index (χ1) is 30.4. The molecule has 7 rings (SSSR count). The van der Waals surface area contributed by atoms with Gasteiger partial charge in [0.2, 0.25) is 0 Å². The summed E-state index contributed by atoms with van der Waals surface area (Å²) >= 11 is 0. The summed E-state index contributed by atoms with van der Waals surface area (Å²) in [5.74, 6) is 0.642. The Hall–Kier alpha value is -6.24. The molecule has 324 valence electrons. The molecule has 0 amide bonds. The third kappa shape index (κ3) is 13.6. The third-order valence-electron chi connectivity index (χ3n) is 12.4. The fourth-order valence-electron chi connectivity index (χ4n) is 7.99. The van der Waals surface area contributed by atoms with Crippen molar-refractivity contribution in [3.63, 3.8) is 0 Å². The van der Waals surface area contributed by atoms with E-state index in [9.17, 15) is 0 Å². The van der Waals surface area contributed by atoms with Crippen LogP contribution in [0.15, 0.2) is 207 Å². The molecule has 0 spiro atoms. The highest BCUT2D eigenvalue weighted by atomic mass is 14.3. The largest absolute Gasteiger partial charge is 0.0984 e. The summed E-state index contributed by atoms with van der Waals surface area (Å²) in [6, 6.07) is 46.6. The Morgan fingerprint density at radius 3 is 1.65 bits per heavy atom. The molecule has 2 unspecified atom stereocenters. The van der Waals surface area contributed by atoms with Crippen LogP contribution in [0.3, 0.4) is 0 Å². The van der Waals surface area contributed by atoms with Crippen molar-refractivity contribution >= 4 is 33.4 Å². The van der Waals surface area contributed by atoms with Gasteiger partial charge in [-0.3, -0.25) is 0 Å². The van der Waals surface area contributed by atoms with Gasteiger partial charge in [0.05, 0.1) is 0 Å². The Morgan fingerprint density at radius 2 is 1.13 bits per heavy atom. The second-order valence-corrected chi connectivity index (χ2v) is 16.9. The van der Waals surface area contributed by atoms with Crippen LogP contribution in [0, 0.1) is 25.2 Å². The van der Waals surface area contributed by atoms with Gasteiger partial charge in [0.25, 0.3) is 0 Å². The van der Waals surface area contributed by atoms with Crippen LogP contribution in [-0.4, -0.2) is 0 Å². The molecule has 0 aromatic heterocycles. The minimum Gasteiger partial charge on any atom is -0.0984 e. The number of hydrogen-bond acceptors (Lipinski definition) is 0. The lowest BCUT2D eigenvalue weighted by atomic mass is 9.76. The van der Waals surface area contributed by atoms with E-state index in [4.69, 9.17) is 0 Å². The van der Waals surface area contributed by atoms with Crippen molar-refractivity contribution in [3.05, 3.63) is 251 Å². The van der Waals surface area contributed by atoms with Crippen LogP contribution in [0.4, 0.5) is 0 Å². The second-order valence-electron chi connectivity index (χ2n) is 16.9. The Bertz CT molecular complexity index is 2510. The molecule has 0 heterocycles. The van der Waals surface area contributed by atoms with Crippen LogP contribution >= 0.6 is 0 Å². The number of benzene rings is 5. The molecular weight excluding hydrogens is 757 g/mol. The monoisotopic (exact) mass is 829 g/mol. The van der Waals surface area contributed by atoms with Crippen LogP contribution in [0.2, 0.25) is 0 Å². The van der Waals surface area contributed by atoms with Gasteiger partial charge < -0.3 is 0 Å². The zero-order valence-electron chi connectivity index (χ0n) is 40.1. The molecule has 0 saturated carbocycles. The molecule has 0 saturated heterocycles. The summed E-state index contributed by atoms with van der Waals surface area (Å²) in [5.41, 5.74) is 20.4. The highest BCUT2D eigenvalue weighted by Gasteiger charge is 2.23. The van der Waals surface area contributed by atoms with Crippen LogP contribution < -0.4 is 0 Å². The van der Waals surface area contributed by atoms with Crippen molar-refractivity contribution in [2.75, 3.05) is 0 Å². The van der Waals surface area contributed by atoms with Crippen molar-refractivity contribution in [2.45, 2.75) is 88.5 Å². The topological polar surface area (TPSA) is 0 Å². The predicted octanol–water partition coefficient (Wildman–Crippen LogP) is 18.6. The van der Waals surface area contributed by atoms with Gasteiger partial charge in [-0.15, -0.1) is 0 Å². The molecule has 63 heavy (non-hydrogen) atoms. The number of aryl methyl sites for hydroxylation is 2. The van der Waals surface area contributed by atoms with Crippen LogP contribution in [0.5, 0.6) is 0 Å². The van der Waals surface area contributed by atoms with Gasteiger partial charge >= 0.3 is 0 Å².